The van der Waals surface area contributed by atoms with Crippen molar-refractivity contribution in [3.05, 3.63) is 83.7 Å². The number of amides is 1. The quantitative estimate of drug-likeness (QED) is 0.452. The molecule has 0 spiro atoms. The van der Waals surface area contributed by atoms with Crippen molar-refractivity contribution in [2.24, 2.45) is 0 Å². The van der Waals surface area contributed by atoms with Crippen LogP contribution in [0, 0.1) is 12.7 Å². The van der Waals surface area contributed by atoms with Crippen molar-refractivity contribution >= 4 is 18.0 Å². The van der Waals surface area contributed by atoms with Gasteiger partial charge in [-0.05, 0) is 55.3 Å². The van der Waals surface area contributed by atoms with Crippen molar-refractivity contribution in [1.82, 2.24) is 14.9 Å². The maximum absolute atomic E-state index is 13.3. The highest BCUT2D eigenvalue weighted by Crippen LogP contribution is 2.26. The number of carbonyl (C=O) groups excluding carboxylic acids is 2. The van der Waals surface area contributed by atoms with Crippen LogP contribution >= 0.6 is 0 Å². The van der Waals surface area contributed by atoms with E-state index in [-0.39, 0.29) is 0 Å². The molecule has 1 unspecified atom stereocenters. The van der Waals surface area contributed by atoms with Crippen LogP contribution in [0.25, 0.3) is 11.8 Å². The number of esters is 1. The average Bonchev–Trinajstić information content (AvgIpc) is 3.23. The maximum Gasteiger partial charge on any atom is 0.336 e. The fourth-order valence-corrected chi connectivity index (χ4v) is 3.25. The predicted octanol–water partition coefficient (Wildman–Crippen LogP) is 3.55. The standard InChI is InChI=1S/C24H24FN3O4/c1-16-14-28(15-26-16)20-11-5-17(13-21(20)31-3)6-12-22(29)27-24(2,23(30)32-4)18-7-9-19(25)10-8-18/h5-15H,1-4H3,(H,27,29). The second-order valence-corrected chi connectivity index (χ2v) is 7.30. The first-order valence-electron chi connectivity index (χ1n) is 9.80. The molecule has 0 aliphatic rings. The summed E-state index contributed by atoms with van der Waals surface area (Å²) in [4.78, 5) is 29.2. The molecule has 8 heteroatoms. The number of rotatable bonds is 7. The molecular formula is C24H24FN3O4. The van der Waals surface area contributed by atoms with Crippen LogP contribution in [0.1, 0.15) is 23.7 Å². The van der Waals surface area contributed by atoms with E-state index in [1.807, 2.05) is 29.8 Å². The molecule has 7 nitrogen and oxygen atoms in total. The molecule has 1 amide bonds. The number of nitrogens with one attached hydrogen (secondary N) is 1. The van der Waals surface area contributed by atoms with E-state index in [1.54, 1.807) is 25.6 Å². The molecule has 1 N–H and O–H groups in total. The van der Waals surface area contributed by atoms with Crippen molar-refractivity contribution in [3.63, 3.8) is 0 Å². The minimum Gasteiger partial charge on any atom is -0.495 e. The number of nitrogens with zero attached hydrogens (tertiary/aromatic N) is 2. The van der Waals surface area contributed by atoms with E-state index in [0.29, 0.717) is 11.3 Å². The molecule has 0 bridgehead atoms. The van der Waals surface area contributed by atoms with E-state index < -0.39 is 23.2 Å². The second kappa shape index (κ2) is 9.47. The molecule has 3 rings (SSSR count). The lowest BCUT2D eigenvalue weighted by Crippen LogP contribution is -2.49. The lowest BCUT2D eigenvalue weighted by Gasteiger charge is -2.28. The van der Waals surface area contributed by atoms with Crippen molar-refractivity contribution in [2.75, 3.05) is 14.2 Å². The van der Waals surface area contributed by atoms with Gasteiger partial charge in [0.05, 0.1) is 31.9 Å². The van der Waals surface area contributed by atoms with Gasteiger partial charge in [-0.25, -0.2) is 14.2 Å². The number of methoxy groups -OCH3 is 2. The Morgan fingerprint density at radius 1 is 1.16 bits per heavy atom. The molecule has 1 heterocycles. The van der Waals surface area contributed by atoms with E-state index in [1.165, 1.54) is 44.4 Å². The van der Waals surface area contributed by atoms with Gasteiger partial charge in [-0.1, -0.05) is 18.2 Å². The molecule has 0 aliphatic heterocycles. The number of hydrogen-bond donors (Lipinski definition) is 1. The van der Waals surface area contributed by atoms with Gasteiger partial charge in [-0.2, -0.15) is 0 Å². The molecule has 0 aliphatic carbocycles. The van der Waals surface area contributed by atoms with E-state index in [9.17, 15) is 14.0 Å². The molecular weight excluding hydrogens is 413 g/mol. The summed E-state index contributed by atoms with van der Waals surface area (Å²) >= 11 is 0. The molecule has 2 aromatic carbocycles. The SMILES string of the molecule is COC(=O)C(C)(NC(=O)C=Cc1ccc(-n2cnc(C)c2)c(OC)c1)c1ccc(F)cc1. The lowest BCUT2D eigenvalue weighted by atomic mass is 9.91. The number of imidazole rings is 1. The summed E-state index contributed by atoms with van der Waals surface area (Å²) in [6, 6.07) is 10.8. The van der Waals surface area contributed by atoms with Crippen molar-refractivity contribution in [2.45, 2.75) is 19.4 Å². The Labute approximate surface area is 185 Å². The van der Waals surface area contributed by atoms with Gasteiger partial charge in [0, 0.05) is 12.3 Å². The molecule has 166 valence electrons. The van der Waals surface area contributed by atoms with Crippen LogP contribution in [0.2, 0.25) is 0 Å². The normalized spacial score (nSPS) is 12.9. The largest absolute Gasteiger partial charge is 0.495 e. The third-order valence-corrected chi connectivity index (χ3v) is 5.01. The number of hydrogen-bond acceptors (Lipinski definition) is 5. The van der Waals surface area contributed by atoms with Gasteiger partial charge in [-0.15, -0.1) is 0 Å². The highest BCUT2D eigenvalue weighted by molar-refractivity contribution is 5.96. The van der Waals surface area contributed by atoms with Crippen molar-refractivity contribution in [3.8, 4) is 11.4 Å². The summed E-state index contributed by atoms with van der Waals surface area (Å²) in [5.41, 5.74) is 1.32. The summed E-state index contributed by atoms with van der Waals surface area (Å²) in [6.07, 6.45) is 6.48. The van der Waals surface area contributed by atoms with E-state index in [0.717, 1.165) is 16.9 Å². The molecule has 1 atom stereocenters. The van der Waals surface area contributed by atoms with Gasteiger partial charge in [0.1, 0.15) is 11.6 Å². The first-order chi connectivity index (χ1) is 15.3. The maximum atomic E-state index is 13.3. The number of ether oxygens (including phenoxy) is 2. The fraction of sp³-hybridized carbons (Fsp3) is 0.208. The third-order valence-electron chi connectivity index (χ3n) is 5.01. The minimum absolute atomic E-state index is 0.397. The number of halogens is 1. The van der Waals surface area contributed by atoms with Crippen LogP contribution in [0.5, 0.6) is 5.75 Å². The highest BCUT2D eigenvalue weighted by Gasteiger charge is 2.37. The van der Waals surface area contributed by atoms with Crippen LogP contribution in [-0.2, 0) is 19.9 Å². The first-order valence-corrected chi connectivity index (χ1v) is 9.80. The van der Waals surface area contributed by atoms with Gasteiger partial charge in [0.2, 0.25) is 5.91 Å². The van der Waals surface area contributed by atoms with E-state index >= 15 is 0 Å². The molecule has 0 radical (unpaired) electrons. The van der Waals surface area contributed by atoms with Crippen molar-refractivity contribution < 1.29 is 23.5 Å². The molecule has 1 aromatic heterocycles. The number of benzene rings is 2. The third kappa shape index (κ3) is 4.85. The Morgan fingerprint density at radius 3 is 2.47 bits per heavy atom. The Morgan fingerprint density at radius 2 is 1.88 bits per heavy atom. The van der Waals surface area contributed by atoms with Crippen LogP contribution in [0.3, 0.4) is 0 Å². The van der Waals surface area contributed by atoms with Crippen LogP contribution in [-0.4, -0.2) is 35.6 Å². The Balaban J connectivity index is 1.81. The summed E-state index contributed by atoms with van der Waals surface area (Å²) < 4.78 is 25.5. The van der Waals surface area contributed by atoms with E-state index in [4.69, 9.17) is 9.47 Å². The number of aryl methyl sites for hydroxylation is 1. The Hall–Kier alpha value is -3.94. The van der Waals surface area contributed by atoms with Crippen molar-refractivity contribution in [1.29, 1.82) is 0 Å². The average molecular weight is 437 g/mol. The van der Waals surface area contributed by atoms with Crippen LogP contribution in [0.15, 0.2) is 61.1 Å². The Kier molecular flexibility index (Phi) is 6.73. The fourth-order valence-electron chi connectivity index (χ4n) is 3.25. The summed E-state index contributed by atoms with van der Waals surface area (Å²) in [7, 11) is 2.79. The summed E-state index contributed by atoms with van der Waals surface area (Å²) in [5, 5.41) is 2.65. The smallest absolute Gasteiger partial charge is 0.336 e. The minimum atomic E-state index is -1.48. The van der Waals surface area contributed by atoms with Crippen LogP contribution < -0.4 is 10.1 Å². The topological polar surface area (TPSA) is 82.5 Å². The molecule has 0 saturated carbocycles. The number of aromatic nitrogens is 2. The Bertz CT molecular complexity index is 1150. The predicted molar refractivity (Wildman–Crippen MR) is 118 cm³/mol. The summed E-state index contributed by atoms with van der Waals surface area (Å²) in [6.45, 7) is 3.40. The lowest BCUT2D eigenvalue weighted by molar-refractivity contribution is -0.150. The summed E-state index contributed by atoms with van der Waals surface area (Å²) in [5.74, 6) is -1.03. The zero-order chi connectivity index (χ0) is 23.3. The van der Waals surface area contributed by atoms with Gasteiger partial charge < -0.3 is 19.4 Å². The zero-order valence-electron chi connectivity index (χ0n) is 18.3. The van der Waals surface area contributed by atoms with E-state index in [2.05, 4.69) is 10.3 Å². The second-order valence-electron chi connectivity index (χ2n) is 7.30. The highest BCUT2D eigenvalue weighted by atomic mass is 19.1. The zero-order valence-corrected chi connectivity index (χ0v) is 18.3. The molecule has 0 fully saturated rings. The van der Waals surface area contributed by atoms with Gasteiger partial charge in [0.15, 0.2) is 5.54 Å². The van der Waals surface area contributed by atoms with Gasteiger partial charge in [-0.3, -0.25) is 4.79 Å². The molecule has 3 aromatic rings. The monoisotopic (exact) mass is 437 g/mol. The van der Waals surface area contributed by atoms with Crippen LogP contribution in [0.4, 0.5) is 4.39 Å². The van der Waals surface area contributed by atoms with Gasteiger partial charge in [0.25, 0.3) is 0 Å². The molecule has 32 heavy (non-hydrogen) atoms. The van der Waals surface area contributed by atoms with Gasteiger partial charge >= 0.3 is 5.97 Å². The molecule has 0 saturated heterocycles. The first kappa shape index (κ1) is 22.7. The number of carbonyl (C=O) groups is 2.